The van der Waals surface area contributed by atoms with E-state index in [9.17, 15) is 0 Å². The molecule has 1 heterocycles. The molecular weight excluding hydrogens is 234 g/mol. The summed E-state index contributed by atoms with van der Waals surface area (Å²) in [5.74, 6) is 1.05. The van der Waals surface area contributed by atoms with Gasteiger partial charge in [0.15, 0.2) is 0 Å². The number of nitrogens with zero attached hydrogens (tertiary/aromatic N) is 2. The first kappa shape index (κ1) is 15.7. The average molecular weight is 261 g/mol. The molecular formula is C16H27N3. The van der Waals surface area contributed by atoms with Gasteiger partial charge in [-0.15, -0.1) is 6.58 Å². The van der Waals surface area contributed by atoms with Crippen LogP contribution in [-0.4, -0.2) is 24.6 Å². The highest BCUT2D eigenvalue weighted by molar-refractivity contribution is 5.42. The smallest absolute Gasteiger partial charge is 0.129 e. The summed E-state index contributed by atoms with van der Waals surface area (Å²) in [5, 5.41) is 3.42. The van der Waals surface area contributed by atoms with E-state index in [-0.39, 0.29) is 0 Å². The van der Waals surface area contributed by atoms with Crippen LogP contribution in [0, 0.1) is 6.92 Å². The van der Waals surface area contributed by atoms with Gasteiger partial charge in [0.2, 0.25) is 0 Å². The summed E-state index contributed by atoms with van der Waals surface area (Å²) in [5.41, 5.74) is 2.40. The van der Waals surface area contributed by atoms with Crippen molar-refractivity contribution in [1.82, 2.24) is 10.3 Å². The maximum atomic E-state index is 4.73. The quantitative estimate of drug-likeness (QED) is 0.546. The van der Waals surface area contributed by atoms with E-state index in [1.807, 2.05) is 6.08 Å². The van der Waals surface area contributed by atoms with E-state index in [2.05, 4.69) is 49.7 Å². The molecule has 0 unspecified atom stereocenters. The molecule has 0 radical (unpaired) electrons. The third-order valence-corrected chi connectivity index (χ3v) is 3.09. The van der Waals surface area contributed by atoms with Crippen LogP contribution in [0.15, 0.2) is 24.8 Å². The molecule has 0 spiro atoms. The molecule has 3 nitrogen and oxygen atoms in total. The molecule has 0 atom stereocenters. The zero-order valence-electron chi connectivity index (χ0n) is 12.6. The third-order valence-electron chi connectivity index (χ3n) is 3.09. The van der Waals surface area contributed by atoms with Gasteiger partial charge in [-0.3, -0.25) is 0 Å². The van der Waals surface area contributed by atoms with E-state index in [0.717, 1.165) is 50.5 Å². The Bertz CT molecular complexity index is 388. The van der Waals surface area contributed by atoms with Crippen LogP contribution in [0.2, 0.25) is 0 Å². The topological polar surface area (TPSA) is 28.2 Å². The van der Waals surface area contributed by atoms with Crippen LogP contribution >= 0.6 is 0 Å². The monoisotopic (exact) mass is 261 g/mol. The first-order valence-electron chi connectivity index (χ1n) is 7.26. The Balaban J connectivity index is 2.75. The second kappa shape index (κ2) is 8.70. The van der Waals surface area contributed by atoms with Crippen molar-refractivity contribution < 1.29 is 0 Å². The highest BCUT2D eigenvalue weighted by Gasteiger charge is 2.07. The summed E-state index contributed by atoms with van der Waals surface area (Å²) < 4.78 is 0. The number of hydrogen-bond donors (Lipinski definition) is 1. The maximum absolute atomic E-state index is 4.73. The zero-order chi connectivity index (χ0) is 14.1. The predicted octanol–water partition coefficient (Wildman–Crippen LogP) is 3.29. The van der Waals surface area contributed by atoms with Gasteiger partial charge in [0.25, 0.3) is 0 Å². The molecule has 1 aromatic heterocycles. The Morgan fingerprint density at radius 2 is 2.11 bits per heavy atom. The summed E-state index contributed by atoms with van der Waals surface area (Å²) in [4.78, 5) is 6.99. The number of nitrogens with one attached hydrogen (secondary N) is 1. The normalized spacial score (nSPS) is 10.5. The van der Waals surface area contributed by atoms with Crippen LogP contribution in [-0.2, 0) is 6.54 Å². The van der Waals surface area contributed by atoms with Gasteiger partial charge in [-0.05, 0) is 37.9 Å². The fraction of sp³-hybridized carbons (Fsp3) is 0.562. The van der Waals surface area contributed by atoms with E-state index in [1.54, 1.807) is 0 Å². The third kappa shape index (κ3) is 5.03. The highest BCUT2D eigenvalue weighted by atomic mass is 15.2. The molecule has 0 aromatic carbocycles. The first-order chi connectivity index (χ1) is 9.22. The molecule has 19 heavy (non-hydrogen) atoms. The molecule has 1 rings (SSSR count). The van der Waals surface area contributed by atoms with Crippen LogP contribution < -0.4 is 10.2 Å². The molecule has 0 fully saturated rings. The van der Waals surface area contributed by atoms with Gasteiger partial charge in [0.05, 0.1) is 0 Å². The van der Waals surface area contributed by atoms with Crippen molar-refractivity contribution in [3.63, 3.8) is 0 Å². The Hall–Kier alpha value is -1.35. The Labute approximate surface area is 117 Å². The molecule has 0 aliphatic heterocycles. The molecule has 3 heteroatoms. The average Bonchev–Trinajstić information content (AvgIpc) is 2.40. The number of hydrogen-bond acceptors (Lipinski definition) is 3. The maximum Gasteiger partial charge on any atom is 0.129 e. The standard InChI is InChI=1S/C16H27N3/c1-5-10-17-13-15-8-9-16(18-14(15)4)19(11-6-2)12-7-3/h6,8-9,17H,2,5,7,10-13H2,1,3-4H3. The lowest BCUT2D eigenvalue weighted by molar-refractivity contribution is 0.670. The highest BCUT2D eigenvalue weighted by Crippen LogP contribution is 2.15. The largest absolute Gasteiger partial charge is 0.353 e. The van der Waals surface area contributed by atoms with Crippen molar-refractivity contribution >= 4 is 5.82 Å². The molecule has 0 bridgehead atoms. The minimum atomic E-state index is 0.855. The molecule has 0 saturated heterocycles. The zero-order valence-corrected chi connectivity index (χ0v) is 12.6. The van der Waals surface area contributed by atoms with Crippen LogP contribution in [0.5, 0.6) is 0 Å². The minimum Gasteiger partial charge on any atom is -0.353 e. The van der Waals surface area contributed by atoms with E-state index >= 15 is 0 Å². The summed E-state index contributed by atoms with van der Waals surface area (Å²) in [6.45, 7) is 14.1. The van der Waals surface area contributed by atoms with Crippen molar-refractivity contribution in [3.8, 4) is 0 Å². The van der Waals surface area contributed by atoms with E-state index in [0.29, 0.717) is 0 Å². The van der Waals surface area contributed by atoms with Gasteiger partial charge >= 0.3 is 0 Å². The van der Waals surface area contributed by atoms with E-state index in [1.165, 1.54) is 5.56 Å². The second-order valence-electron chi connectivity index (χ2n) is 4.83. The van der Waals surface area contributed by atoms with Gasteiger partial charge in [0, 0.05) is 25.3 Å². The number of aromatic nitrogens is 1. The molecule has 106 valence electrons. The van der Waals surface area contributed by atoms with Gasteiger partial charge < -0.3 is 10.2 Å². The van der Waals surface area contributed by atoms with Crippen molar-refractivity contribution in [3.05, 3.63) is 36.0 Å². The van der Waals surface area contributed by atoms with Crippen LogP contribution in [0.1, 0.15) is 37.9 Å². The Kier molecular flexibility index (Phi) is 7.19. The van der Waals surface area contributed by atoms with Crippen molar-refractivity contribution in [2.24, 2.45) is 0 Å². The molecule has 0 amide bonds. The Morgan fingerprint density at radius 1 is 1.32 bits per heavy atom. The van der Waals surface area contributed by atoms with E-state index in [4.69, 9.17) is 4.98 Å². The first-order valence-corrected chi connectivity index (χ1v) is 7.26. The molecule has 0 aliphatic rings. The van der Waals surface area contributed by atoms with Gasteiger partial charge in [-0.2, -0.15) is 0 Å². The van der Waals surface area contributed by atoms with Gasteiger partial charge in [-0.1, -0.05) is 26.0 Å². The second-order valence-corrected chi connectivity index (χ2v) is 4.83. The minimum absolute atomic E-state index is 0.855. The fourth-order valence-electron chi connectivity index (χ4n) is 2.06. The lowest BCUT2D eigenvalue weighted by Gasteiger charge is -2.22. The number of anilines is 1. The Morgan fingerprint density at radius 3 is 2.68 bits per heavy atom. The summed E-state index contributed by atoms with van der Waals surface area (Å²) in [7, 11) is 0. The van der Waals surface area contributed by atoms with Crippen molar-refractivity contribution in [2.75, 3.05) is 24.5 Å². The summed E-state index contributed by atoms with van der Waals surface area (Å²) in [6.07, 6.45) is 4.21. The molecule has 1 N–H and O–H groups in total. The molecule has 1 aromatic rings. The number of aryl methyl sites for hydroxylation is 1. The molecule has 0 saturated carbocycles. The lowest BCUT2D eigenvalue weighted by Crippen LogP contribution is -2.25. The van der Waals surface area contributed by atoms with Crippen LogP contribution in [0.4, 0.5) is 5.82 Å². The lowest BCUT2D eigenvalue weighted by atomic mass is 10.2. The van der Waals surface area contributed by atoms with Crippen LogP contribution in [0.3, 0.4) is 0 Å². The van der Waals surface area contributed by atoms with E-state index < -0.39 is 0 Å². The fourth-order valence-corrected chi connectivity index (χ4v) is 2.06. The van der Waals surface area contributed by atoms with Crippen molar-refractivity contribution in [1.29, 1.82) is 0 Å². The summed E-state index contributed by atoms with van der Waals surface area (Å²) in [6, 6.07) is 4.31. The van der Waals surface area contributed by atoms with Gasteiger partial charge in [0.1, 0.15) is 5.82 Å². The number of rotatable bonds is 9. The molecule has 0 aliphatic carbocycles. The van der Waals surface area contributed by atoms with Crippen LogP contribution in [0.25, 0.3) is 0 Å². The van der Waals surface area contributed by atoms with Gasteiger partial charge in [-0.25, -0.2) is 4.98 Å². The van der Waals surface area contributed by atoms with Crippen molar-refractivity contribution in [2.45, 2.75) is 40.2 Å². The number of pyridine rings is 1. The predicted molar refractivity (Wildman–Crippen MR) is 83.7 cm³/mol. The SMILES string of the molecule is C=CCN(CCC)c1ccc(CNCCC)c(C)n1. The summed E-state index contributed by atoms with van der Waals surface area (Å²) >= 11 is 0.